The van der Waals surface area contributed by atoms with Crippen molar-refractivity contribution in [1.29, 1.82) is 0 Å². The summed E-state index contributed by atoms with van der Waals surface area (Å²) in [5, 5.41) is 4.16. The highest BCUT2D eigenvalue weighted by Gasteiger charge is 2.13. The van der Waals surface area contributed by atoms with Gasteiger partial charge in [-0.15, -0.1) is 5.10 Å². The summed E-state index contributed by atoms with van der Waals surface area (Å²) in [7, 11) is 0. The number of hydrogen-bond donors (Lipinski definition) is 2. The summed E-state index contributed by atoms with van der Waals surface area (Å²) in [5.41, 5.74) is 11.5. The van der Waals surface area contributed by atoms with Gasteiger partial charge in [0.1, 0.15) is 6.54 Å². The zero-order valence-electron chi connectivity index (χ0n) is 13.7. The number of Topliss-reactive ketones (excluding diaryl/α,β-unsaturated/α-hetero) is 1. The monoisotopic (exact) mass is 354 g/mol. The van der Waals surface area contributed by atoms with E-state index in [4.69, 9.17) is 18.0 Å². The van der Waals surface area contributed by atoms with Gasteiger partial charge in [0.2, 0.25) is 10.7 Å². The molecule has 2 aromatic heterocycles. The largest absolute Gasteiger partial charge is 0.366 e. The van der Waals surface area contributed by atoms with E-state index >= 15 is 0 Å². The quantitative estimate of drug-likeness (QED) is 0.522. The molecule has 0 fully saturated rings. The molecule has 128 valence electrons. The number of rotatable bonds is 6. The lowest BCUT2D eigenvalue weighted by Gasteiger charge is -2.07. The van der Waals surface area contributed by atoms with Gasteiger partial charge in [0, 0.05) is 18.0 Å². The van der Waals surface area contributed by atoms with Gasteiger partial charge in [-0.3, -0.25) is 15.2 Å². The molecule has 0 aliphatic heterocycles. The van der Waals surface area contributed by atoms with Crippen molar-refractivity contribution < 1.29 is 4.79 Å². The molecule has 7 nitrogen and oxygen atoms in total. The second-order valence-electron chi connectivity index (χ2n) is 5.46. The molecule has 0 amide bonds. The zero-order valence-corrected chi connectivity index (χ0v) is 14.5. The van der Waals surface area contributed by atoms with E-state index in [0.29, 0.717) is 10.3 Å². The van der Waals surface area contributed by atoms with Crippen LogP contribution in [0.15, 0.2) is 48.8 Å². The van der Waals surface area contributed by atoms with Crippen LogP contribution in [0.25, 0.3) is 0 Å². The average Bonchev–Trinajstić information content (AvgIpc) is 2.90. The van der Waals surface area contributed by atoms with Gasteiger partial charge in [0.15, 0.2) is 5.78 Å². The van der Waals surface area contributed by atoms with Gasteiger partial charge >= 0.3 is 0 Å². The molecule has 0 radical (unpaired) electrons. The van der Waals surface area contributed by atoms with Crippen LogP contribution in [-0.4, -0.2) is 25.2 Å². The molecule has 8 heteroatoms. The summed E-state index contributed by atoms with van der Waals surface area (Å²) in [6, 6.07) is 11.1. The Morgan fingerprint density at radius 2 is 1.88 bits per heavy atom. The summed E-state index contributed by atoms with van der Waals surface area (Å²) < 4.78 is 3.18. The Morgan fingerprint density at radius 1 is 1.20 bits per heavy atom. The number of carbonyl (C=O) groups excluding carboxylic acids is 1. The van der Waals surface area contributed by atoms with Crippen LogP contribution in [0.3, 0.4) is 0 Å². The maximum Gasteiger partial charge on any atom is 0.240 e. The zero-order chi connectivity index (χ0) is 17.8. The fraction of sp³-hybridized carbons (Fsp3) is 0.176. The van der Waals surface area contributed by atoms with E-state index in [1.165, 1.54) is 14.9 Å². The lowest BCUT2D eigenvalue weighted by molar-refractivity contribution is 0.0967. The first kappa shape index (κ1) is 16.8. The van der Waals surface area contributed by atoms with Crippen LogP contribution in [0.5, 0.6) is 0 Å². The highest BCUT2D eigenvalue weighted by molar-refractivity contribution is 7.71. The van der Waals surface area contributed by atoms with Crippen LogP contribution in [0, 0.1) is 4.77 Å². The fourth-order valence-electron chi connectivity index (χ4n) is 2.34. The summed E-state index contributed by atoms with van der Waals surface area (Å²) in [6.07, 6.45) is 4.23. The number of ketones is 1. The maximum absolute atomic E-state index is 12.5. The Hall–Kier alpha value is -3.00. The number of aromatic nitrogens is 4. The average molecular weight is 354 g/mol. The minimum Gasteiger partial charge on any atom is -0.366 e. The molecule has 0 saturated heterocycles. The van der Waals surface area contributed by atoms with E-state index in [1.807, 2.05) is 24.3 Å². The van der Waals surface area contributed by atoms with E-state index < -0.39 is 0 Å². The van der Waals surface area contributed by atoms with Gasteiger partial charge in [-0.05, 0) is 36.3 Å². The highest BCUT2D eigenvalue weighted by atomic mass is 32.1. The Bertz CT molecular complexity index is 930. The van der Waals surface area contributed by atoms with Crippen molar-refractivity contribution in [3.8, 4) is 0 Å². The second kappa shape index (κ2) is 7.27. The van der Waals surface area contributed by atoms with Gasteiger partial charge in [0.05, 0.1) is 5.69 Å². The van der Waals surface area contributed by atoms with Crippen molar-refractivity contribution in [2.45, 2.75) is 19.9 Å². The Morgan fingerprint density at radius 3 is 2.52 bits per heavy atom. The van der Waals surface area contributed by atoms with Crippen molar-refractivity contribution in [1.82, 2.24) is 19.4 Å². The number of nitrogens with zero attached hydrogens (tertiary/aromatic N) is 4. The van der Waals surface area contributed by atoms with Gasteiger partial charge < -0.3 is 5.73 Å². The number of anilines is 2. The standard InChI is InChI=1S/C17H18N6OS/c1-2-12-3-5-13(6-4-12)15(24)11-22-17(25)23(16(18)21-22)20-14-7-9-19-10-8-14/h3-10H,2,11H2,1H3,(H2,18,21)(H,19,20). The number of hydrogen-bond acceptors (Lipinski definition) is 6. The van der Waals surface area contributed by atoms with E-state index in [0.717, 1.165) is 12.1 Å². The Kier molecular flexibility index (Phi) is 4.90. The molecule has 2 heterocycles. The predicted molar refractivity (Wildman–Crippen MR) is 98.9 cm³/mol. The summed E-state index contributed by atoms with van der Waals surface area (Å²) >= 11 is 5.37. The van der Waals surface area contributed by atoms with Gasteiger partial charge in [0.25, 0.3) is 0 Å². The van der Waals surface area contributed by atoms with Crippen molar-refractivity contribution in [3.63, 3.8) is 0 Å². The third-order valence-corrected chi connectivity index (χ3v) is 4.16. The number of nitrogens with two attached hydrogens (primary N) is 1. The third-order valence-electron chi connectivity index (χ3n) is 3.76. The number of aryl methyl sites for hydroxylation is 1. The van der Waals surface area contributed by atoms with Crippen molar-refractivity contribution >= 4 is 29.6 Å². The van der Waals surface area contributed by atoms with Crippen molar-refractivity contribution in [3.05, 3.63) is 64.7 Å². The van der Waals surface area contributed by atoms with E-state index in [1.54, 1.807) is 24.5 Å². The smallest absolute Gasteiger partial charge is 0.240 e. The van der Waals surface area contributed by atoms with Gasteiger partial charge in [-0.25, -0.2) is 4.68 Å². The number of nitrogen functional groups attached to an aromatic ring is 1. The molecule has 3 N–H and O–H groups in total. The molecule has 0 aliphatic carbocycles. The number of nitrogens with one attached hydrogen (secondary N) is 1. The Balaban J connectivity index is 1.80. The molecular weight excluding hydrogens is 336 g/mol. The van der Waals surface area contributed by atoms with Crippen LogP contribution in [0.4, 0.5) is 11.6 Å². The first-order chi connectivity index (χ1) is 12.1. The molecule has 25 heavy (non-hydrogen) atoms. The topological polar surface area (TPSA) is 90.8 Å². The molecular formula is C17H18N6OS. The molecule has 0 unspecified atom stereocenters. The molecule has 3 rings (SSSR count). The molecule has 1 aromatic carbocycles. The van der Waals surface area contributed by atoms with E-state index in [-0.39, 0.29) is 18.3 Å². The van der Waals surface area contributed by atoms with Crippen LogP contribution in [0.2, 0.25) is 0 Å². The maximum atomic E-state index is 12.5. The highest BCUT2D eigenvalue weighted by Crippen LogP contribution is 2.11. The summed E-state index contributed by atoms with van der Waals surface area (Å²) in [5.74, 6) is 0.100. The van der Waals surface area contributed by atoms with Crippen LogP contribution >= 0.6 is 12.2 Å². The normalized spacial score (nSPS) is 10.6. The van der Waals surface area contributed by atoms with Gasteiger partial charge in [-0.1, -0.05) is 31.2 Å². The molecule has 0 spiro atoms. The SMILES string of the molecule is CCc1ccc(C(=O)Cn2nc(N)n(Nc3ccncc3)c2=S)cc1. The first-order valence-corrected chi connectivity index (χ1v) is 8.24. The van der Waals surface area contributed by atoms with Crippen molar-refractivity contribution in [2.75, 3.05) is 11.2 Å². The summed E-state index contributed by atoms with van der Waals surface area (Å²) in [4.78, 5) is 16.4. The minimum atomic E-state index is -0.0766. The number of carbonyl (C=O) groups is 1. The lowest BCUT2D eigenvalue weighted by atomic mass is 10.1. The van der Waals surface area contributed by atoms with E-state index in [2.05, 4.69) is 22.4 Å². The molecule has 0 saturated carbocycles. The molecule has 3 aromatic rings. The van der Waals surface area contributed by atoms with Crippen molar-refractivity contribution in [2.24, 2.45) is 0 Å². The molecule has 0 atom stereocenters. The second-order valence-corrected chi connectivity index (χ2v) is 5.82. The van der Waals surface area contributed by atoms with Crippen LogP contribution in [0.1, 0.15) is 22.8 Å². The summed E-state index contributed by atoms with van der Waals surface area (Å²) in [6.45, 7) is 2.10. The molecule has 0 bridgehead atoms. The fourth-order valence-corrected chi connectivity index (χ4v) is 2.59. The third kappa shape index (κ3) is 3.74. The lowest BCUT2D eigenvalue weighted by Crippen LogP contribution is -2.14. The van der Waals surface area contributed by atoms with E-state index in [9.17, 15) is 4.79 Å². The number of benzene rings is 1. The molecule has 0 aliphatic rings. The first-order valence-electron chi connectivity index (χ1n) is 7.83. The van der Waals surface area contributed by atoms with Crippen LogP contribution in [-0.2, 0) is 13.0 Å². The van der Waals surface area contributed by atoms with Crippen LogP contribution < -0.4 is 11.2 Å². The Labute approximate surface area is 150 Å². The minimum absolute atomic E-state index is 0.0273. The predicted octanol–water partition coefficient (Wildman–Crippen LogP) is 2.71. The number of pyridine rings is 1. The van der Waals surface area contributed by atoms with Gasteiger partial charge in [-0.2, -0.15) is 4.68 Å².